The van der Waals surface area contributed by atoms with Gasteiger partial charge in [0.25, 0.3) is 0 Å². The fourth-order valence-corrected chi connectivity index (χ4v) is 1.74. The van der Waals surface area contributed by atoms with Crippen molar-refractivity contribution in [3.05, 3.63) is 23.8 Å². The molecule has 5 heteroatoms. The summed E-state index contributed by atoms with van der Waals surface area (Å²) < 4.78 is 0. The smallest absolute Gasteiger partial charge is 0.244 e. The van der Waals surface area contributed by atoms with Gasteiger partial charge in [-0.2, -0.15) is 0 Å². The van der Waals surface area contributed by atoms with Gasteiger partial charge in [0, 0.05) is 10.6 Å². The van der Waals surface area contributed by atoms with Crippen LogP contribution in [0.25, 0.3) is 0 Å². The van der Waals surface area contributed by atoms with Crippen LogP contribution >= 0.6 is 11.8 Å². The van der Waals surface area contributed by atoms with E-state index in [0.717, 1.165) is 10.5 Å². The number of hydrazine groups is 1. The van der Waals surface area contributed by atoms with E-state index in [4.69, 9.17) is 11.6 Å². The topological polar surface area (TPSA) is 81.1 Å². The van der Waals surface area contributed by atoms with E-state index < -0.39 is 0 Å². The van der Waals surface area contributed by atoms with E-state index >= 15 is 0 Å². The molecule has 4 nitrogen and oxygen atoms in total. The number of thioether (sulfide) groups is 1. The van der Waals surface area contributed by atoms with Crippen molar-refractivity contribution < 1.29 is 4.79 Å². The molecular formula is C9H13N3OS. The van der Waals surface area contributed by atoms with Gasteiger partial charge in [0.15, 0.2) is 0 Å². The lowest BCUT2D eigenvalue weighted by Crippen LogP contribution is -2.31. The zero-order chi connectivity index (χ0) is 10.6. The first-order valence-electron chi connectivity index (χ1n) is 4.12. The Balaban J connectivity index is 2.63. The Kier molecular flexibility index (Phi) is 3.79. The molecule has 0 bridgehead atoms. The van der Waals surface area contributed by atoms with Gasteiger partial charge in [0.05, 0.1) is 5.75 Å². The molecule has 1 rings (SSSR count). The van der Waals surface area contributed by atoms with Crippen LogP contribution in [0.15, 0.2) is 23.1 Å². The fourth-order valence-electron chi connectivity index (χ4n) is 0.984. The average molecular weight is 211 g/mol. The second-order valence-corrected chi connectivity index (χ2v) is 3.91. The Morgan fingerprint density at radius 3 is 2.86 bits per heavy atom. The van der Waals surface area contributed by atoms with E-state index in [1.54, 1.807) is 0 Å². The van der Waals surface area contributed by atoms with Crippen LogP contribution in [0.4, 0.5) is 5.69 Å². The van der Waals surface area contributed by atoms with Crippen molar-refractivity contribution >= 4 is 23.4 Å². The maximum atomic E-state index is 10.9. The summed E-state index contributed by atoms with van der Waals surface area (Å²) in [7, 11) is 0. The lowest BCUT2D eigenvalue weighted by atomic mass is 10.2. The van der Waals surface area contributed by atoms with Crippen molar-refractivity contribution in [3.63, 3.8) is 0 Å². The summed E-state index contributed by atoms with van der Waals surface area (Å²) in [6.45, 7) is 1.97. The summed E-state index contributed by atoms with van der Waals surface area (Å²) in [5.74, 6) is 5.02. The van der Waals surface area contributed by atoms with E-state index in [1.165, 1.54) is 11.8 Å². The highest BCUT2D eigenvalue weighted by Crippen LogP contribution is 2.25. The molecule has 0 radical (unpaired) electrons. The Labute approximate surface area is 87.0 Å². The molecule has 5 N–H and O–H groups in total. The number of nitrogens with two attached hydrogens (primary N) is 2. The molecule has 1 amide bonds. The zero-order valence-electron chi connectivity index (χ0n) is 7.91. The van der Waals surface area contributed by atoms with Gasteiger partial charge in [0.1, 0.15) is 0 Å². The van der Waals surface area contributed by atoms with Gasteiger partial charge in [-0.25, -0.2) is 5.84 Å². The Morgan fingerprint density at radius 2 is 2.29 bits per heavy atom. The summed E-state index contributed by atoms with van der Waals surface area (Å²) in [6.07, 6.45) is 0. The van der Waals surface area contributed by atoms with Crippen LogP contribution in [0.5, 0.6) is 0 Å². The SMILES string of the molecule is Cc1ccc(SCC(=O)NN)c(N)c1. The molecule has 0 fully saturated rings. The third-order valence-corrected chi connectivity index (χ3v) is 2.77. The highest BCUT2D eigenvalue weighted by Gasteiger charge is 2.03. The van der Waals surface area contributed by atoms with Crippen LogP contribution in [0.3, 0.4) is 0 Å². The first kappa shape index (κ1) is 10.9. The van der Waals surface area contributed by atoms with E-state index in [9.17, 15) is 4.79 Å². The van der Waals surface area contributed by atoms with E-state index in [2.05, 4.69) is 5.43 Å². The van der Waals surface area contributed by atoms with Gasteiger partial charge < -0.3 is 5.73 Å². The minimum atomic E-state index is -0.213. The van der Waals surface area contributed by atoms with Crippen LogP contribution in [-0.4, -0.2) is 11.7 Å². The molecule has 0 aromatic heterocycles. The van der Waals surface area contributed by atoms with Gasteiger partial charge in [-0.15, -0.1) is 11.8 Å². The third kappa shape index (κ3) is 2.93. The molecule has 1 aromatic carbocycles. The van der Waals surface area contributed by atoms with Crippen LogP contribution in [0.2, 0.25) is 0 Å². The Morgan fingerprint density at radius 1 is 1.57 bits per heavy atom. The minimum Gasteiger partial charge on any atom is -0.398 e. The highest BCUT2D eigenvalue weighted by molar-refractivity contribution is 8.00. The lowest BCUT2D eigenvalue weighted by Gasteiger charge is -2.05. The Bertz CT molecular complexity index is 341. The molecule has 0 spiro atoms. The van der Waals surface area contributed by atoms with Crippen molar-refractivity contribution in [1.29, 1.82) is 0 Å². The quantitative estimate of drug-likeness (QED) is 0.225. The summed E-state index contributed by atoms with van der Waals surface area (Å²) in [5, 5.41) is 0. The molecule has 76 valence electrons. The molecule has 0 saturated carbocycles. The molecule has 0 aliphatic rings. The molecule has 0 aliphatic heterocycles. The largest absolute Gasteiger partial charge is 0.398 e. The number of nitrogen functional groups attached to an aromatic ring is 1. The molecule has 0 heterocycles. The summed E-state index contributed by atoms with van der Waals surface area (Å²) in [5.41, 5.74) is 9.63. The standard InChI is InChI=1S/C9H13N3OS/c1-6-2-3-8(7(10)4-6)14-5-9(13)12-11/h2-4H,5,10-11H2,1H3,(H,12,13). The normalized spacial score (nSPS) is 9.86. The fraction of sp³-hybridized carbons (Fsp3) is 0.222. The molecule has 0 aliphatic carbocycles. The Hall–Kier alpha value is -1.20. The van der Waals surface area contributed by atoms with Crippen molar-refractivity contribution in [2.24, 2.45) is 5.84 Å². The predicted molar refractivity (Wildman–Crippen MR) is 58.6 cm³/mol. The van der Waals surface area contributed by atoms with Gasteiger partial charge >= 0.3 is 0 Å². The second-order valence-electron chi connectivity index (χ2n) is 2.90. The van der Waals surface area contributed by atoms with Gasteiger partial charge in [0.2, 0.25) is 5.91 Å². The van der Waals surface area contributed by atoms with Crippen LogP contribution < -0.4 is 17.0 Å². The van der Waals surface area contributed by atoms with Crippen molar-refractivity contribution in [2.45, 2.75) is 11.8 Å². The van der Waals surface area contributed by atoms with Crippen molar-refractivity contribution in [3.8, 4) is 0 Å². The highest BCUT2D eigenvalue weighted by atomic mass is 32.2. The summed E-state index contributed by atoms with van der Waals surface area (Å²) >= 11 is 1.37. The number of hydrogen-bond acceptors (Lipinski definition) is 4. The molecule has 1 aromatic rings. The summed E-state index contributed by atoms with van der Waals surface area (Å²) in [4.78, 5) is 11.8. The molecule has 14 heavy (non-hydrogen) atoms. The van der Waals surface area contributed by atoms with Gasteiger partial charge in [-0.05, 0) is 24.6 Å². The maximum Gasteiger partial charge on any atom is 0.244 e. The minimum absolute atomic E-state index is 0.213. The van der Waals surface area contributed by atoms with Crippen LogP contribution in [0.1, 0.15) is 5.56 Å². The monoisotopic (exact) mass is 211 g/mol. The molecule has 0 saturated heterocycles. The second kappa shape index (κ2) is 4.88. The van der Waals surface area contributed by atoms with E-state index in [0.29, 0.717) is 5.69 Å². The molecule has 0 unspecified atom stereocenters. The van der Waals surface area contributed by atoms with Crippen molar-refractivity contribution in [2.75, 3.05) is 11.5 Å². The zero-order valence-corrected chi connectivity index (χ0v) is 8.73. The third-order valence-electron chi connectivity index (χ3n) is 1.69. The van der Waals surface area contributed by atoms with Gasteiger partial charge in [-0.3, -0.25) is 10.2 Å². The number of benzene rings is 1. The van der Waals surface area contributed by atoms with Crippen LogP contribution in [-0.2, 0) is 4.79 Å². The average Bonchev–Trinajstić information content (AvgIpc) is 2.16. The number of nitrogens with one attached hydrogen (secondary N) is 1. The number of anilines is 1. The van der Waals surface area contributed by atoms with Gasteiger partial charge in [-0.1, -0.05) is 6.07 Å². The van der Waals surface area contributed by atoms with E-state index in [-0.39, 0.29) is 11.7 Å². The number of carbonyl (C=O) groups excluding carboxylic acids is 1. The predicted octanol–water partition coefficient (Wildman–Crippen LogP) is 0.659. The van der Waals surface area contributed by atoms with E-state index in [1.807, 2.05) is 25.1 Å². The maximum absolute atomic E-state index is 10.9. The summed E-state index contributed by atoms with van der Waals surface area (Å²) in [6, 6.07) is 5.74. The first-order valence-corrected chi connectivity index (χ1v) is 5.10. The van der Waals surface area contributed by atoms with Crippen molar-refractivity contribution in [1.82, 2.24) is 5.43 Å². The van der Waals surface area contributed by atoms with Crippen LogP contribution in [0, 0.1) is 6.92 Å². The number of aryl methyl sites for hydroxylation is 1. The number of hydrogen-bond donors (Lipinski definition) is 3. The lowest BCUT2D eigenvalue weighted by molar-refractivity contribution is -0.118. The first-order chi connectivity index (χ1) is 6.63. The number of amides is 1. The number of carbonyl (C=O) groups is 1. The number of rotatable bonds is 3. The molecule has 0 atom stereocenters. The molecular weight excluding hydrogens is 198 g/mol.